The molecule has 0 spiro atoms. The van der Waals surface area contributed by atoms with Crippen LogP contribution in [0.4, 0.5) is 0 Å². The maximum absolute atomic E-state index is 13.1. The molecule has 0 unspecified atom stereocenters. The highest BCUT2D eigenvalue weighted by molar-refractivity contribution is 7.99. The van der Waals surface area contributed by atoms with Crippen LogP contribution in [-0.4, -0.2) is 51.1 Å². The van der Waals surface area contributed by atoms with Gasteiger partial charge in [0.1, 0.15) is 5.75 Å². The number of nitrogens with one attached hydrogen (secondary N) is 1. The highest BCUT2D eigenvalue weighted by Crippen LogP contribution is 2.26. The van der Waals surface area contributed by atoms with Crippen molar-refractivity contribution in [1.29, 1.82) is 0 Å². The highest BCUT2D eigenvalue weighted by Gasteiger charge is 2.27. The molecule has 8 heteroatoms. The minimum absolute atomic E-state index is 0.134. The van der Waals surface area contributed by atoms with Gasteiger partial charge in [-0.1, -0.05) is 30.5 Å². The van der Waals surface area contributed by atoms with E-state index in [-0.39, 0.29) is 16.4 Å². The van der Waals surface area contributed by atoms with E-state index in [1.165, 1.54) is 29.1 Å². The molecule has 1 fully saturated rings. The molecule has 6 nitrogen and oxygen atoms in total. The maximum atomic E-state index is 13.1. The number of aryl methyl sites for hydroxylation is 1. The van der Waals surface area contributed by atoms with Crippen LogP contribution in [0.1, 0.15) is 41.6 Å². The average molecular weight is 463 g/mol. The molecule has 0 aliphatic carbocycles. The summed E-state index contributed by atoms with van der Waals surface area (Å²) in [5.41, 5.74) is 1.44. The van der Waals surface area contributed by atoms with E-state index in [0.29, 0.717) is 31.1 Å². The molecule has 0 bridgehead atoms. The zero-order valence-corrected chi connectivity index (χ0v) is 19.7. The van der Waals surface area contributed by atoms with Gasteiger partial charge in [-0.05, 0) is 50.1 Å². The van der Waals surface area contributed by atoms with Crippen LogP contribution in [0, 0.1) is 6.92 Å². The first-order valence-electron chi connectivity index (χ1n) is 10.6. The first-order chi connectivity index (χ1) is 14.9. The second-order valence-electron chi connectivity index (χ2n) is 7.60. The lowest BCUT2D eigenvalue weighted by molar-refractivity contribution is 0.0953. The van der Waals surface area contributed by atoms with Crippen LogP contribution in [0.2, 0.25) is 0 Å². The molecule has 2 aromatic rings. The van der Waals surface area contributed by atoms with Crippen LogP contribution in [0.25, 0.3) is 0 Å². The molecule has 0 aromatic heterocycles. The third-order valence-corrected chi connectivity index (χ3v) is 8.20. The Bertz CT molecular complexity index is 983. The Labute approximate surface area is 189 Å². The molecular weight excluding hydrogens is 432 g/mol. The molecule has 31 heavy (non-hydrogen) atoms. The summed E-state index contributed by atoms with van der Waals surface area (Å²) >= 11 is 1.66. The van der Waals surface area contributed by atoms with E-state index in [1.54, 1.807) is 17.8 Å². The van der Waals surface area contributed by atoms with Crippen molar-refractivity contribution >= 4 is 27.7 Å². The van der Waals surface area contributed by atoms with E-state index < -0.39 is 10.0 Å². The van der Waals surface area contributed by atoms with Crippen LogP contribution in [0.3, 0.4) is 0 Å². The number of sulfonamides is 1. The lowest BCUT2D eigenvalue weighted by Crippen LogP contribution is -2.32. The van der Waals surface area contributed by atoms with Crippen LogP contribution in [0.5, 0.6) is 5.75 Å². The number of amides is 1. The number of carbonyl (C=O) groups excluding carboxylic acids is 1. The summed E-state index contributed by atoms with van der Waals surface area (Å²) in [5, 5.41) is 2.88. The summed E-state index contributed by atoms with van der Waals surface area (Å²) in [7, 11) is -2.16. The number of hydrogen-bond acceptors (Lipinski definition) is 5. The minimum Gasteiger partial charge on any atom is -0.496 e. The molecule has 3 rings (SSSR count). The minimum atomic E-state index is -3.64. The molecular formula is C23H30N2O4S2. The fourth-order valence-corrected chi connectivity index (χ4v) is 5.83. The Morgan fingerprint density at radius 2 is 1.74 bits per heavy atom. The van der Waals surface area contributed by atoms with E-state index in [4.69, 9.17) is 4.74 Å². The highest BCUT2D eigenvalue weighted by atomic mass is 32.2. The first-order valence-corrected chi connectivity index (χ1v) is 13.0. The summed E-state index contributed by atoms with van der Waals surface area (Å²) < 4.78 is 33.1. The average Bonchev–Trinajstić information content (AvgIpc) is 3.07. The Hall–Kier alpha value is -2.03. The standard InChI is InChI=1S/C23H30N2O4S2/c1-18-7-9-19(10-8-18)30-16-13-24-23(26)21-17-20(11-12-22(21)29-2)31(27,28)25-14-5-3-4-6-15-25/h7-12,17H,3-6,13-16H2,1-2H3,(H,24,26). The number of rotatable bonds is 8. The lowest BCUT2D eigenvalue weighted by atomic mass is 10.2. The molecule has 1 saturated heterocycles. The van der Waals surface area contributed by atoms with Gasteiger partial charge < -0.3 is 10.1 Å². The lowest BCUT2D eigenvalue weighted by Gasteiger charge is -2.20. The third kappa shape index (κ3) is 6.24. The Morgan fingerprint density at radius 3 is 2.39 bits per heavy atom. The largest absolute Gasteiger partial charge is 0.496 e. The molecule has 1 aliphatic rings. The Morgan fingerprint density at radius 1 is 1.06 bits per heavy atom. The zero-order valence-electron chi connectivity index (χ0n) is 18.1. The van der Waals surface area contributed by atoms with Gasteiger partial charge in [-0.25, -0.2) is 8.42 Å². The van der Waals surface area contributed by atoms with E-state index in [2.05, 4.69) is 29.6 Å². The smallest absolute Gasteiger partial charge is 0.255 e. The number of benzene rings is 2. The van der Waals surface area contributed by atoms with Gasteiger partial charge in [-0.2, -0.15) is 4.31 Å². The summed E-state index contributed by atoms with van der Waals surface area (Å²) in [5.74, 6) is 0.732. The number of methoxy groups -OCH3 is 1. The van der Waals surface area contributed by atoms with Crippen LogP contribution in [0.15, 0.2) is 52.3 Å². The second kappa shape index (κ2) is 11.0. The van der Waals surface area contributed by atoms with Crippen molar-refractivity contribution < 1.29 is 17.9 Å². The molecule has 0 atom stereocenters. The van der Waals surface area contributed by atoms with E-state index >= 15 is 0 Å². The van der Waals surface area contributed by atoms with Gasteiger partial charge >= 0.3 is 0 Å². The van der Waals surface area contributed by atoms with Gasteiger partial charge in [0.05, 0.1) is 17.6 Å². The first kappa shape index (κ1) is 23.6. The summed E-state index contributed by atoms with van der Waals surface area (Å²) in [6.45, 7) is 3.55. The van der Waals surface area contributed by atoms with E-state index in [1.807, 2.05) is 6.92 Å². The Kier molecular flexibility index (Phi) is 8.40. The number of nitrogens with zero attached hydrogens (tertiary/aromatic N) is 1. The van der Waals surface area contributed by atoms with Crippen molar-refractivity contribution in [2.24, 2.45) is 0 Å². The predicted octanol–water partition coefficient (Wildman–Crippen LogP) is 4.09. The van der Waals surface area contributed by atoms with Gasteiger partial charge in [0.2, 0.25) is 10.0 Å². The molecule has 2 aromatic carbocycles. The number of thioether (sulfide) groups is 1. The summed E-state index contributed by atoms with van der Waals surface area (Å²) in [4.78, 5) is 14.1. The molecule has 1 aliphatic heterocycles. The van der Waals surface area contributed by atoms with Gasteiger partial charge in [-0.3, -0.25) is 4.79 Å². The number of ether oxygens (including phenoxy) is 1. The topological polar surface area (TPSA) is 75.7 Å². The van der Waals surface area contributed by atoms with Crippen molar-refractivity contribution in [3.63, 3.8) is 0 Å². The van der Waals surface area contributed by atoms with Crippen molar-refractivity contribution in [3.8, 4) is 5.75 Å². The monoisotopic (exact) mass is 462 g/mol. The van der Waals surface area contributed by atoms with Crippen LogP contribution >= 0.6 is 11.8 Å². The van der Waals surface area contributed by atoms with Crippen molar-refractivity contribution in [2.45, 2.75) is 42.4 Å². The third-order valence-electron chi connectivity index (χ3n) is 5.30. The Balaban J connectivity index is 1.67. The van der Waals surface area contributed by atoms with E-state index in [0.717, 1.165) is 30.6 Å². The van der Waals surface area contributed by atoms with Gasteiger partial charge in [-0.15, -0.1) is 11.8 Å². The molecule has 1 N–H and O–H groups in total. The summed E-state index contributed by atoms with van der Waals surface area (Å²) in [6.07, 6.45) is 3.81. The number of hydrogen-bond donors (Lipinski definition) is 1. The maximum Gasteiger partial charge on any atom is 0.255 e. The van der Waals surface area contributed by atoms with Crippen molar-refractivity contribution in [1.82, 2.24) is 9.62 Å². The fraction of sp³-hybridized carbons (Fsp3) is 0.435. The quantitative estimate of drug-likeness (QED) is 0.472. The van der Waals surface area contributed by atoms with Gasteiger partial charge in [0, 0.05) is 30.3 Å². The van der Waals surface area contributed by atoms with Crippen molar-refractivity contribution in [3.05, 3.63) is 53.6 Å². The van der Waals surface area contributed by atoms with Gasteiger partial charge in [0.15, 0.2) is 0 Å². The molecule has 1 amide bonds. The van der Waals surface area contributed by atoms with Gasteiger partial charge in [0.25, 0.3) is 5.91 Å². The SMILES string of the molecule is COc1ccc(S(=O)(=O)N2CCCCCC2)cc1C(=O)NCCSc1ccc(C)cc1. The molecule has 0 radical (unpaired) electrons. The van der Waals surface area contributed by atoms with E-state index in [9.17, 15) is 13.2 Å². The predicted molar refractivity (Wildman–Crippen MR) is 124 cm³/mol. The summed E-state index contributed by atoms with van der Waals surface area (Å²) in [6, 6.07) is 12.7. The molecule has 0 saturated carbocycles. The molecule has 1 heterocycles. The second-order valence-corrected chi connectivity index (χ2v) is 10.7. The van der Waals surface area contributed by atoms with Crippen LogP contribution < -0.4 is 10.1 Å². The zero-order chi connectivity index (χ0) is 22.3. The van der Waals surface area contributed by atoms with Crippen LogP contribution in [-0.2, 0) is 10.0 Å². The molecule has 168 valence electrons. The normalized spacial score (nSPS) is 15.3. The fourth-order valence-electron chi connectivity index (χ4n) is 3.52. The number of carbonyl (C=O) groups is 1. The van der Waals surface area contributed by atoms with Crippen molar-refractivity contribution in [2.75, 3.05) is 32.5 Å².